The van der Waals surface area contributed by atoms with Crippen molar-refractivity contribution in [1.29, 1.82) is 5.26 Å². The quantitative estimate of drug-likeness (QED) is 0.791. The van der Waals surface area contributed by atoms with Crippen LogP contribution in [0.2, 0.25) is 0 Å². The van der Waals surface area contributed by atoms with Crippen molar-refractivity contribution in [3.63, 3.8) is 0 Å². The van der Waals surface area contributed by atoms with Crippen LogP contribution in [0.25, 0.3) is 0 Å². The summed E-state index contributed by atoms with van der Waals surface area (Å²) >= 11 is 0. The first-order valence-corrected chi connectivity index (χ1v) is 6.36. The fourth-order valence-corrected chi connectivity index (χ4v) is 2.25. The van der Waals surface area contributed by atoms with Crippen LogP contribution in [0.5, 0.6) is 0 Å². The van der Waals surface area contributed by atoms with E-state index in [2.05, 4.69) is 5.32 Å². The molecule has 0 saturated carbocycles. The monoisotopic (exact) mass is 287 g/mol. The molecule has 1 unspecified atom stereocenters. The van der Waals surface area contributed by atoms with Crippen LogP contribution in [-0.4, -0.2) is 40.5 Å². The second kappa shape index (κ2) is 6.05. The van der Waals surface area contributed by atoms with Gasteiger partial charge in [0.25, 0.3) is 11.8 Å². The first kappa shape index (κ1) is 14.5. The largest absolute Gasteiger partial charge is 0.465 e. The number of carboxylic acid groups (broad SMARTS) is 1. The summed E-state index contributed by atoms with van der Waals surface area (Å²) in [7, 11) is 0. The minimum absolute atomic E-state index is 0.0830. The van der Waals surface area contributed by atoms with Gasteiger partial charge in [-0.25, -0.2) is 4.79 Å². The van der Waals surface area contributed by atoms with Gasteiger partial charge in [0.15, 0.2) is 0 Å². The normalized spacial score (nSPS) is 14.5. The molecule has 1 atom stereocenters. The number of rotatable bonds is 5. The number of nitrogens with one attached hydrogen (secondary N) is 1. The minimum atomic E-state index is -1.26. The fourth-order valence-electron chi connectivity index (χ4n) is 2.25. The van der Waals surface area contributed by atoms with Crippen LogP contribution in [0.4, 0.5) is 4.79 Å². The molecule has 2 N–H and O–H groups in total. The van der Waals surface area contributed by atoms with E-state index in [4.69, 9.17) is 10.4 Å². The Balaban J connectivity index is 2.15. The van der Waals surface area contributed by atoms with Crippen molar-refractivity contribution in [3.8, 4) is 6.07 Å². The zero-order valence-electron chi connectivity index (χ0n) is 11.1. The van der Waals surface area contributed by atoms with Crippen LogP contribution in [0, 0.1) is 11.3 Å². The van der Waals surface area contributed by atoms with E-state index < -0.39 is 23.9 Å². The highest BCUT2D eigenvalue weighted by Crippen LogP contribution is 2.22. The van der Waals surface area contributed by atoms with Crippen LogP contribution in [-0.2, 0) is 0 Å². The molecule has 21 heavy (non-hydrogen) atoms. The molecule has 108 valence electrons. The van der Waals surface area contributed by atoms with Gasteiger partial charge in [-0.15, -0.1) is 0 Å². The molecular weight excluding hydrogens is 274 g/mol. The highest BCUT2D eigenvalue weighted by atomic mass is 16.4. The van der Waals surface area contributed by atoms with E-state index in [-0.39, 0.29) is 19.4 Å². The number of carbonyl (C=O) groups excluding carboxylic acids is 2. The van der Waals surface area contributed by atoms with Gasteiger partial charge < -0.3 is 10.4 Å². The third-order valence-corrected chi connectivity index (χ3v) is 3.21. The zero-order valence-corrected chi connectivity index (χ0v) is 11.1. The highest BCUT2D eigenvalue weighted by Gasteiger charge is 2.36. The van der Waals surface area contributed by atoms with Gasteiger partial charge in [-0.1, -0.05) is 12.1 Å². The zero-order chi connectivity index (χ0) is 15.4. The van der Waals surface area contributed by atoms with Gasteiger partial charge in [0.05, 0.1) is 23.2 Å². The molecule has 0 aromatic heterocycles. The number of amides is 3. The molecular formula is C14H13N3O4. The Kier molecular flexibility index (Phi) is 4.18. The van der Waals surface area contributed by atoms with E-state index >= 15 is 0 Å². The first-order valence-electron chi connectivity index (χ1n) is 6.36. The van der Waals surface area contributed by atoms with Gasteiger partial charge in [0.1, 0.15) is 0 Å². The Morgan fingerprint density at radius 3 is 2.33 bits per heavy atom. The van der Waals surface area contributed by atoms with E-state index in [1.165, 1.54) is 0 Å². The van der Waals surface area contributed by atoms with Crippen LogP contribution in [0.15, 0.2) is 24.3 Å². The maximum atomic E-state index is 12.2. The average molecular weight is 287 g/mol. The highest BCUT2D eigenvalue weighted by molar-refractivity contribution is 6.21. The molecule has 2 rings (SSSR count). The minimum Gasteiger partial charge on any atom is -0.465 e. The lowest BCUT2D eigenvalue weighted by Gasteiger charge is -2.21. The Labute approximate surface area is 120 Å². The molecule has 7 nitrogen and oxygen atoms in total. The number of nitriles is 1. The summed E-state index contributed by atoms with van der Waals surface area (Å²) in [6.45, 7) is -0.0830. The average Bonchev–Trinajstić information content (AvgIpc) is 2.70. The van der Waals surface area contributed by atoms with E-state index in [0.29, 0.717) is 11.1 Å². The number of imide groups is 1. The van der Waals surface area contributed by atoms with Gasteiger partial charge in [0, 0.05) is 13.0 Å². The summed E-state index contributed by atoms with van der Waals surface area (Å²) < 4.78 is 0. The number of hydrogen-bond donors (Lipinski definition) is 2. The second-order valence-corrected chi connectivity index (χ2v) is 4.61. The summed E-state index contributed by atoms with van der Waals surface area (Å²) in [6, 6.07) is 7.70. The Bertz CT molecular complexity index is 600. The fraction of sp³-hybridized carbons (Fsp3) is 0.286. The number of nitrogens with zero attached hydrogens (tertiary/aromatic N) is 2. The molecule has 1 aliphatic heterocycles. The lowest BCUT2D eigenvalue weighted by molar-refractivity contribution is 0.0634. The van der Waals surface area contributed by atoms with E-state index in [9.17, 15) is 14.4 Å². The molecule has 0 spiro atoms. The van der Waals surface area contributed by atoms with Gasteiger partial charge >= 0.3 is 6.09 Å². The predicted molar refractivity (Wildman–Crippen MR) is 71.6 cm³/mol. The maximum absolute atomic E-state index is 12.2. The van der Waals surface area contributed by atoms with Gasteiger partial charge in [0.2, 0.25) is 0 Å². The lowest BCUT2D eigenvalue weighted by atomic mass is 10.1. The number of fused-ring (bicyclic) bond motifs is 1. The lowest BCUT2D eigenvalue weighted by Crippen LogP contribution is -2.45. The molecule has 7 heteroatoms. The molecule has 3 amide bonds. The summed E-state index contributed by atoms with van der Waals surface area (Å²) in [5.74, 6) is -0.880. The Morgan fingerprint density at radius 1 is 1.29 bits per heavy atom. The van der Waals surface area contributed by atoms with Crippen LogP contribution >= 0.6 is 0 Å². The Hall–Kier alpha value is -2.88. The van der Waals surface area contributed by atoms with Crippen molar-refractivity contribution >= 4 is 17.9 Å². The molecule has 0 aliphatic carbocycles. The number of benzene rings is 1. The summed E-state index contributed by atoms with van der Waals surface area (Å²) in [5.41, 5.74) is 0.633. The summed E-state index contributed by atoms with van der Waals surface area (Å²) in [4.78, 5) is 36.1. The summed E-state index contributed by atoms with van der Waals surface area (Å²) in [5, 5.41) is 19.6. The molecule has 1 aliphatic rings. The molecule has 1 aromatic carbocycles. The predicted octanol–water partition coefficient (Wildman–Crippen LogP) is 1.22. The van der Waals surface area contributed by atoms with Crippen molar-refractivity contribution in [3.05, 3.63) is 35.4 Å². The molecule has 1 heterocycles. The third kappa shape index (κ3) is 3.00. The molecule has 1 aromatic rings. The van der Waals surface area contributed by atoms with Gasteiger partial charge in [-0.3, -0.25) is 14.5 Å². The third-order valence-electron chi connectivity index (χ3n) is 3.21. The van der Waals surface area contributed by atoms with Crippen LogP contribution in [0.1, 0.15) is 33.6 Å². The number of hydrogen-bond acceptors (Lipinski definition) is 4. The van der Waals surface area contributed by atoms with Crippen molar-refractivity contribution in [2.24, 2.45) is 0 Å². The first-order chi connectivity index (χ1) is 10.0. The molecule has 0 radical (unpaired) electrons. The SMILES string of the molecule is N#CCCC(CN1C(=O)c2ccccc2C1=O)NC(=O)O. The van der Waals surface area contributed by atoms with Crippen molar-refractivity contribution in [2.75, 3.05) is 6.54 Å². The smallest absolute Gasteiger partial charge is 0.404 e. The van der Waals surface area contributed by atoms with Crippen LogP contribution < -0.4 is 5.32 Å². The Morgan fingerprint density at radius 2 is 1.86 bits per heavy atom. The van der Waals surface area contributed by atoms with Crippen molar-refractivity contribution in [1.82, 2.24) is 10.2 Å². The topological polar surface area (TPSA) is 111 Å². The second-order valence-electron chi connectivity index (χ2n) is 4.61. The standard InChI is InChI=1S/C14H13N3O4/c15-7-3-4-9(16-14(20)21)8-17-12(18)10-5-1-2-6-11(10)13(17)19/h1-2,5-6,9,16H,3-4,8H2,(H,20,21). The molecule has 0 bridgehead atoms. The van der Waals surface area contributed by atoms with Gasteiger partial charge in [-0.05, 0) is 18.6 Å². The van der Waals surface area contributed by atoms with Crippen LogP contribution in [0.3, 0.4) is 0 Å². The molecule has 0 fully saturated rings. The van der Waals surface area contributed by atoms with E-state index in [1.54, 1.807) is 24.3 Å². The molecule has 0 saturated heterocycles. The van der Waals surface area contributed by atoms with Crippen molar-refractivity contribution in [2.45, 2.75) is 18.9 Å². The maximum Gasteiger partial charge on any atom is 0.404 e. The van der Waals surface area contributed by atoms with Gasteiger partial charge in [-0.2, -0.15) is 5.26 Å². The van der Waals surface area contributed by atoms with Crippen molar-refractivity contribution < 1.29 is 19.5 Å². The van der Waals surface area contributed by atoms with E-state index in [1.807, 2.05) is 6.07 Å². The number of carbonyl (C=O) groups is 3. The summed E-state index contributed by atoms with van der Waals surface area (Å²) in [6.07, 6.45) is -0.890. The van der Waals surface area contributed by atoms with E-state index in [0.717, 1.165) is 4.90 Å².